The number of nitrogens with one attached hydrogen (secondary N) is 1. The molecule has 0 atom stereocenters. The third-order valence-corrected chi connectivity index (χ3v) is 2.83. The van der Waals surface area contributed by atoms with Crippen molar-refractivity contribution in [1.82, 2.24) is 5.32 Å². The van der Waals surface area contributed by atoms with E-state index < -0.39 is 5.97 Å². The highest BCUT2D eigenvalue weighted by molar-refractivity contribution is 5.72. The van der Waals surface area contributed by atoms with E-state index in [0.717, 1.165) is 24.0 Å². The Balaban J connectivity index is 2.32. The number of benzene rings is 1. The molecule has 1 amide bonds. The van der Waals surface area contributed by atoms with E-state index in [9.17, 15) is 9.59 Å². The van der Waals surface area contributed by atoms with Gasteiger partial charge in [-0.3, -0.25) is 9.59 Å². The summed E-state index contributed by atoms with van der Waals surface area (Å²) in [6.45, 7) is 2.16. The maximum absolute atomic E-state index is 10.7. The Labute approximate surface area is 119 Å². The number of aliphatic carboxylic acids is 1. The molecule has 0 unspecified atom stereocenters. The summed E-state index contributed by atoms with van der Waals surface area (Å²) in [4.78, 5) is 21.1. The Morgan fingerprint density at radius 3 is 2.55 bits per heavy atom. The van der Waals surface area contributed by atoms with Crippen LogP contribution in [0.4, 0.5) is 0 Å². The van der Waals surface area contributed by atoms with Gasteiger partial charge in [-0.2, -0.15) is 0 Å². The molecule has 2 N–H and O–H groups in total. The van der Waals surface area contributed by atoms with Crippen LogP contribution in [0.1, 0.15) is 37.3 Å². The largest absolute Gasteiger partial charge is 0.481 e. The standard InChI is InChI=1S/C16H21NO3/c1-13(18)17-12-3-2-5-14-8-10-15(11-9-14)6-4-7-16(19)20/h2,5,8-11H,3-4,6-7,12H2,1H3,(H,17,18)(H,19,20). The maximum atomic E-state index is 10.7. The van der Waals surface area contributed by atoms with E-state index in [2.05, 4.69) is 5.32 Å². The number of carbonyl (C=O) groups excluding carboxylic acids is 1. The SMILES string of the molecule is CC(=O)NCCC=Cc1ccc(CCCC(=O)O)cc1. The monoisotopic (exact) mass is 275 g/mol. The minimum absolute atomic E-state index is 0.0101. The zero-order chi connectivity index (χ0) is 14.8. The Kier molecular flexibility index (Phi) is 7.11. The number of carboxylic acids is 1. The van der Waals surface area contributed by atoms with Crippen LogP contribution in [0, 0.1) is 0 Å². The van der Waals surface area contributed by atoms with Gasteiger partial charge in [-0.1, -0.05) is 36.4 Å². The van der Waals surface area contributed by atoms with Crippen LogP contribution in [0.15, 0.2) is 30.3 Å². The molecule has 0 bridgehead atoms. The number of carbonyl (C=O) groups is 2. The highest BCUT2D eigenvalue weighted by Gasteiger charge is 1.98. The number of carboxylic acid groups (broad SMARTS) is 1. The lowest BCUT2D eigenvalue weighted by Crippen LogP contribution is -2.20. The van der Waals surface area contributed by atoms with Crippen molar-refractivity contribution >= 4 is 18.0 Å². The Morgan fingerprint density at radius 1 is 1.25 bits per heavy atom. The molecule has 1 aromatic rings. The van der Waals surface area contributed by atoms with E-state index in [0.29, 0.717) is 13.0 Å². The minimum Gasteiger partial charge on any atom is -0.481 e. The first-order chi connectivity index (χ1) is 9.58. The van der Waals surface area contributed by atoms with Gasteiger partial charge in [-0.25, -0.2) is 0 Å². The lowest BCUT2D eigenvalue weighted by Gasteiger charge is -2.01. The summed E-state index contributed by atoms with van der Waals surface area (Å²) in [6, 6.07) is 8.08. The molecule has 0 heterocycles. The summed E-state index contributed by atoms with van der Waals surface area (Å²) in [5, 5.41) is 11.3. The first-order valence-electron chi connectivity index (χ1n) is 6.79. The summed E-state index contributed by atoms with van der Waals surface area (Å²) in [5.74, 6) is -0.757. The predicted molar refractivity (Wildman–Crippen MR) is 79.4 cm³/mol. The quantitative estimate of drug-likeness (QED) is 0.717. The number of amides is 1. The van der Waals surface area contributed by atoms with Crippen LogP contribution in [0.3, 0.4) is 0 Å². The molecular weight excluding hydrogens is 254 g/mol. The van der Waals surface area contributed by atoms with Gasteiger partial charge < -0.3 is 10.4 Å². The van der Waals surface area contributed by atoms with Gasteiger partial charge in [0.05, 0.1) is 0 Å². The van der Waals surface area contributed by atoms with Crippen molar-refractivity contribution in [3.8, 4) is 0 Å². The lowest BCUT2D eigenvalue weighted by atomic mass is 10.1. The molecule has 4 heteroatoms. The van der Waals surface area contributed by atoms with Gasteiger partial charge in [0.1, 0.15) is 0 Å². The zero-order valence-electron chi connectivity index (χ0n) is 11.8. The molecule has 0 aliphatic rings. The average molecular weight is 275 g/mol. The van der Waals surface area contributed by atoms with Crippen molar-refractivity contribution in [2.75, 3.05) is 6.54 Å². The van der Waals surface area contributed by atoms with Crippen LogP contribution in [0.5, 0.6) is 0 Å². The number of hydrogen-bond acceptors (Lipinski definition) is 2. The van der Waals surface area contributed by atoms with E-state index in [1.54, 1.807) is 0 Å². The molecule has 0 saturated carbocycles. The van der Waals surface area contributed by atoms with E-state index in [1.165, 1.54) is 6.92 Å². The number of hydrogen-bond donors (Lipinski definition) is 2. The molecular formula is C16H21NO3. The van der Waals surface area contributed by atoms with E-state index >= 15 is 0 Å². The smallest absolute Gasteiger partial charge is 0.303 e. The highest BCUT2D eigenvalue weighted by Crippen LogP contribution is 2.09. The van der Waals surface area contributed by atoms with Crippen molar-refractivity contribution < 1.29 is 14.7 Å². The van der Waals surface area contributed by atoms with Gasteiger partial charge in [0.25, 0.3) is 0 Å². The second-order valence-electron chi connectivity index (χ2n) is 4.66. The van der Waals surface area contributed by atoms with Crippen molar-refractivity contribution in [3.63, 3.8) is 0 Å². The molecule has 0 saturated heterocycles. The molecule has 1 rings (SSSR count). The third kappa shape index (κ3) is 7.36. The molecule has 0 radical (unpaired) electrons. The molecule has 1 aromatic carbocycles. The highest BCUT2D eigenvalue weighted by atomic mass is 16.4. The summed E-state index contributed by atoms with van der Waals surface area (Å²) in [5.41, 5.74) is 2.26. The van der Waals surface area contributed by atoms with Crippen LogP contribution in [-0.4, -0.2) is 23.5 Å². The van der Waals surface area contributed by atoms with Crippen LogP contribution in [-0.2, 0) is 16.0 Å². The summed E-state index contributed by atoms with van der Waals surface area (Å²) < 4.78 is 0. The summed E-state index contributed by atoms with van der Waals surface area (Å²) in [6.07, 6.45) is 6.52. The summed E-state index contributed by atoms with van der Waals surface area (Å²) in [7, 11) is 0. The second kappa shape index (κ2) is 8.91. The lowest BCUT2D eigenvalue weighted by molar-refractivity contribution is -0.137. The van der Waals surface area contributed by atoms with Gasteiger partial charge in [-0.15, -0.1) is 0 Å². The number of aryl methyl sites for hydroxylation is 1. The minimum atomic E-state index is -0.747. The fourth-order valence-corrected chi connectivity index (χ4v) is 1.79. The molecule has 0 spiro atoms. The van der Waals surface area contributed by atoms with Crippen molar-refractivity contribution in [2.24, 2.45) is 0 Å². The zero-order valence-corrected chi connectivity index (χ0v) is 11.8. The molecule has 0 aliphatic carbocycles. The molecule has 20 heavy (non-hydrogen) atoms. The normalized spacial score (nSPS) is 10.7. The van der Waals surface area contributed by atoms with Gasteiger partial charge in [0.2, 0.25) is 5.91 Å². The second-order valence-corrected chi connectivity index (χ2v) is 4.66. The van der Waals surface area contributed by atoms with Crippen LogP contribution >= 0.6 is 0 Å². The fraction of sp³-hybridized carbons (Fsp3) is 0.375. The third-order valence-electron chi connectivity index (χ3n) is 2.83. The molecule has 0 aliphatic heterocycles. The predicted octanol–water partition coefficient (Wildman–Crippen LogP) is 2.63. The molecule has 4 nitrogen and oxygen atoms in total. The van der Waals surface area contributed by atoms with E-state index in [-0.39, 0.29) is 12.3 Å². The van der Waals surface area contributed by atoms with Gasteiger partial charge in [0, 0.05) is 19.9 Å². The molecule has 0 fully saturated rings. The topological polar surface area (TPSA) is 66.4 Å². The van der Waals surface area contributed by atoms with Crippen LogP contribution < -0.4 is 5.32 Å². The Morgan fingerprint density at radius 2 is 1.95 bits per heavy atom. The van der Waals surface area contributed by atoms with Gasteiger partial charge >= 0.3 is 5.97 Å². The average Bonchev–Trinajstić information content (AvgIpc) is 2.39. The van der Waals surface area contributed by atoms with Crippen molar-refractivity contribution in [1.29, 1.82) is 0 Å². The maximum Gasteiger partial charge on any atom is 0.303 e. The Bertz CT molecular complexity index is 463. The Hall–Kier alpha value is -2.10. The first kappa shape index (κ1) is 16.0. The van der Waals surface area contributed by atoms with E-state index in [4.69, 9.17) is 5.11 Å². The first-order valence-corrected chi connectivity index (χ1v) is 6.79. The summed E-state index contributed by atoms with van der Waals surface area (Å²) >= 11 is 0. The molecule has 108 valence electrons. The fourth-order valence-electron chi connectivity index (χ4n) is 1.79. The van der Waals surface area contributed by atoms with Crippen molar-refractivity contribution in [3.05, 3.63) is 41.5 Å². The van der Waals surface area contributed by atoms with Crippen LogP contribution in [0.2, 0.25) is 0 Å². The van der Waals surface area contributed by atoms with E-state index in [1.807, 2.05) is 36.4 Å². The molecule has 0 aromatic heterocycles. The van der Waals surface area contributed by atoms with Gasteiger partial charge in [-0.05, 0) is 30.4 Å². The van der Waals surface area contributed by atoms with Gasteiger partial charge in [0.15, 0.2) is 0 Å². The number of rotatable bonds is 8. The van der Waals surface area contributed by atoms with Crippen molar-refractivity contribution in [2.45, 2.75) is 32.6 Å². The van der Waals surface area contributed by atoms with Crippen LogP contribution in [0.25, 0.3) is 6.08 Å².